The first-order chi connectivity index (χ1) is 12.5. The number of fused-ring (bicyclic) bond motifs is 1. The van der Waals surface area contributed by atoms with Gasteiger partial charge in [-0.1, -0.05) is 0 Å². The fourth-order valence-corrected chi connectivity index (χ4v) is 3.91. The van der Waals surface area contributed by atoms with Crippen molar-refractivity contribution in [3.8, 4) is 11.3 Å². The smallest absolute Gasteiger partial charge is 0.311 e. The van der Waals surface area contributed by atoms with Gasteiger partial charge in [0.05, 0.1) is 29.5 Å². The number of aromatic nitrogens is 2. The van der Waals surface area contributed by atoms with E-state index in [0.29, 0.717) is 43.0 Å². The molecule has 2 aliphatic rings. The Morgan fingerprint density at radius 2 is 2.12 bits per heavy atom. The molecule has 2 N–H and O–H groups in total. The van der Waals surface area contributed by atoms with Crippen molar-refractivity contribution in [2.45, 2.75) is 6.42 Å². The number of halogens is 1. The summed E-state index contributed by atoms with van der Waals surface area (Å²) in [5.74, 6) is -1.76. The maximum absolute atomic E-state index is 13.2. The van der Waals surface area contributed by atoms with E-state index in [4.69, 9.17) is 4.74 Å². The summed E-state index contributed by atoms with van der Waals surface area (Å²) in [5.41, 5.74) is 0.524. The number of carboxylic acids is 1. The first-order valence-corrected chi connectivity index (χ1v) is 8.41. The number of hydrogen-bond donors (Lipinski definition) is 2. The van der Waals surface area contributed by atoms with E-state index < -0.39 is 11.4 Å². The van der Waals surface area contributed by atoms with Crippen LogP contribution in [0, 0.1) is 17.2 Å². The van der Waals surface area contributed by atoms with Gasteiger partial charge in [-0.25, -0.2) is 4.39 Å². The zero-order valence-electron chi connectivity index (χ0n) is 13.9. The van der Waals surface area contributed by atoms with Crippen LogP contribution < -0.4 is 0 Å². The molecule has 2 atom stereocenters. The van der Waals surface area contributed by atoms with Gasteiger partial charge in [0.2, 0.25) is 0 Å². The van der Waals surface area contributed by atoms with Crippen LogP contribution in [-0.4, -0.2) is 58.4 Å². The zero-order chi connectivity index (χ0) is 18.3. The predicted octanol–water partition coefficient (Wildman–Crippen LogP) is 1.78. The highest BCUT2D eigenvalue weighted by Gasteiger charge is 2.55. The topological polar surface area (TPSA) is 95.5 Å². The first kappa shape index (κ1) is 16.7. The molecule has 3 heterocycles. The number of likely N-dealkylation sites (tertiary alicyclic amines) is 1. The van der Waals surface area contributed by atoms with Crippen molar-refractivity contribution < 1.29 is 23.8 Å². The summed E-state index contributed by atoms with van der Waals surface area (Å²) < 4.78 is 18.6. The molecule has 1 aromatic carbocycles. The van der Waals surface area contributed by atoms with Crippen molar-refractivity contribution in [1.29, 1.82) is 0 Å². The van der Waals surface area contributed by atoms with Gasteiger partial charge < -0.3 is 14.7 Å². The average molecular weight is 359 g/mol. The lowest BCUT2D eigenvalue weighted by atomic mass is 9.74. The minimum Gasteiger partial charge on any atom is -0.481 e. The van der Waals surface area contributed by atoms with E-state index in [-0.39, 0.29) is 24.2 Å². The highest BCUT2D eigenvalue weighted by atomic mass is 19.1. The lowest BCUT2D eigenvalue weighted by molar-refractivity contribution is -0.157. The quantitative estimate of drug-likeness (QED) is 0.871. The third-order valence-corrected chi connectivity index (χ3v) is 5.42. The lowest BCUT2D eigenvalue weighted by Crippen LogP contribution is -2.45. The average Bonchev–Trinajstić information content (AvgIpc) is 3.27. The summed E-state index contributed by atoms with van der Waals surface area (Å²) in [6, 6.07) is 5.75. The van der Waals surface area contributed by atoms with Crippen molar-refractivity contribution in [1.82, 2.24) is 15.1 Å². The minimum atomic E-state index is -0.951. The molecule has 2 saturated heterocycles. The normalized spacial score (nSPS) is 25.1. The zero-order valence-corrected chi connectivity index (χ0v) is 13.9. The van der Waals surface area contributed by atoms with Gasteiger partial charge >= 0.3 is 5.97 Å². The third-order valence-electron chi connectivity index (χ3n) is 5.42. The molecule has 0 bridgehead atoms. The molecule has 8 heteroatoms. The van der Waals surface area contributed by atoms with Crippen molar-refractivity contribution in [2.24, 2.45) is 11.3 Å². The second-order valence-corrected chi connectivity index (χ2v) is 6.83. The number of aromatic amines is 1. The number of H-pyrrole nitrogens is 1. The van der Waals surface area contributed by atoms with Crippen LogP contribution in [0.2, 0.25) is 0 Å². The molecule has 0 unspecified atom stereocenters. The van der Waals surface area contributed by atoms with E-state index in [2.05, 4.69) is 10.2 Å². The second kappa shape index (κ2) is 6.21. The van der Waals surface area contributed by atoms with E-state index in [1.807, 2.05) is 0 Å². The second-order valence-electron chi connectivity index (χ2n) is 6.83. The maximum Gasteiger partial charge on any atom is 0.311 e. The molecule has 136 valence electrons. The number of hydrogen-bond acceptors (Lipinski definition) is 4. The van der Waals surface area contributed by atoms with E-state index in [0.717, 1.165) is 0 Å². The summed E-state index contributed by atoms with van der Waals surface area (Å²) in [6.07, 6.45) is 1.82. The largest absolute Gasteiger partial charge is 0.481 e. The third kappa shape index (κ3) is 2.57. The molecule has 2 fully saturated rings. The summed E-state index contributed by atoms with van der Waals surface area (Å²) in [6.45, 7) is 1.21. The maximum atomic E-state index is 13.2. The van der Waals surface area contributed by atoms with Crippen LogP contribution in [0.15, 0.2) is 30.5 Å². The Morgan fingerprint density at radius 3 is 2.81 bits per heavy atom. The summed E-state index contributed by atoms with van der Waals surface area (Å²) in [4.78, 5) is 26.5. The molecule has 7 nitrogen and oxygen atoms in total. The van der Waals surface area contributed by atoms with Gasteiger partial charge in [-0.15, -0.1) is 0 Å². The Labute approximate surface area is 148 Å². The Kier molecular flexibility index (Phi) is 3.99. The molecule has 0 spiro atoms. The van der Waals surface area contributed by atoms with Crippen LogP contribution in [-0.2, 0) is 9.53 Å². The van der Waals surface area contributed by atoms with E-state index >= 15 is 0 Å². The molecular formula is C18H18FN3O4. The van der Waals surface area contributed by atoms with Gasteiger partial charge in [-0.3, -0.25) is 14.7 Å². The number of benzene rings is 1. The van der Waals surface area contributed by atoms with Crippen LogP contribution in [0.25, 0.3) is 11.3 Å². The number of ether oxygens (including phenoxy) is 1. The van der Waals surface area contributed by atoms with E-state index in [9.17, 15) is 19.1 Å². The Morgan fingerprint density at radius 1 is 1.35 bits per heavy atom. The lowest BCUT2D eigenvalue weighted by Gasteiger charge is -2.33. The molecule has 4 rings (SSSR count). The van der Waals surface area contributed by atoms with Crippen molar-refractivity contribution in [2.75, 3.05) is 26.3 Å². The van der Waals surface area contributed by atoms with Gasteiger partial charge in [-0.05, 0) is 30.7 Å². The predicted molar refractivity (Wildman–Crippen MR) is 88.9 cm³/mol. The molecule has 2 aromatic rings. The standard InChI is InChI=1S/C18H18FN3O4/c19-13-3-1-11(2-4-13)15-14(7-20-21-15)16(23)22-8-12-9-26-6-5-18(12,10-22)17(24)25/h1-4,7,12H,5-6,8-10H2,(H,20,21)(H,24,25)/t12-,18+/m0/s1. The number of carbonyl (C=O) groups excluding carboxylic acids is 1. The highest BCUT2D eigenvalue weighted by molar-refractivity contribution is 6.00. The van der Waals surface area contributed by atoms with Gasteiger partial charge in [0.25, 0.3) is 5.91 Å². The van der Waals surface area contributed by atoms with Crippen LogP contribution >= 0.6 is 0 Å². The van der Waals surface area contributed by atoms with Gasteiger partial charge in [0.15, 0.2) is 0 Å². The number of amides is 1. The van der Waals surface area contributed by atoms with Gasteiger partial charge in [-0.2, -0.15) is 5.10 Å². The van der Waals surface area contributed by atoms with Gasteiger partial charge in [0, 0.05) is 31.2 Å². The highest BCUT2D eigenvalue weighted by Crippen LogP contribution is 2.43. The summed E-state index contributed by atoms with van der Waals surface area (Å²) in [7, 11) is 0. The Bertz CT molecular complexity index is 850. The SMILES string of the molecule is O=C(c1cn[nH]c1-c1ccc(F)cc1)N1C[C@H]2COCC[C@@]2(C(=O)O)C1. The molecule has 2 aliphatic heterocycles. The first-order valence-electron chi connectivity index (χ1n) is 8.41. The number of carboxylic acid groups (broad SMARTS) is 1. The van der Waals surface area contributed by atoms with Crippen molar-refractivity contribution >= 4 is 11.9 Å². The number of nitrogens with one attached hydrogen (secondary N) is 1. The van der Waals surface area contributed by atoms with Crippen molar-refractivity contribution in [3.05, 3.63) is 41.8 Å². The molecule has 26 heavy (non-hydrogen) atoms. The molecule has 0 saturated carbocycles. The van der Waals surface area contributed by atoms with Crippen LogP contribution in [0.1, 0.15) is 16.8 Å². The van der Waals surface area contributed by atoms with Gasteiger partial charge in [0.1, 0.15) is 5.82 Å². The number of aliphatic carboxylic acids is 1. The van der Waals surface area contributed by atoms with Crippen LogP contribution in [0.3, 0.4) is 0 Å². The number of rotatable bonds is 3. The number of nitrogens with zero attached hydrogens (tertiary/aromatic N) is 2. The van der Waals surface area contributed by atoms with E-state index in [1.165, 1.54) is 18.3 Å². The monoisotopic (exact) mass is 359 g/mol. The molecule has 0 radical (unpaired) electrons. The molecule has 0 aliphatic carbocycles. The van der Waals surface area contributed by atoms with Crippen LogP contribution in [0.4, 0.5) is 4.39 Å². The summed E-state index contributed by atoms with van der Waals surface area (Å²) in [5, 5.41) is 16.5. The van der Waals surface area contributed by atoms with Crippen molar-refractivity contribution in [3.63, 3.8) is 0 Å². The van der Waals surface area contributed by atoms with E-state index in [1.54, 1.807) is 17.0 Å². The summed E-state index contributed by atoms with van der Waals surface area (Å²) >= 11 is 0. The number of carbonyl (C=O) groups is 2. The molecule has 1 amide bonds. The fourth-order valence-electron chi connectivity index (χ4n) is 3.91. The van der Waals surface area contributed by atoms with Crippen LogP contribution in [0.5, 0.6) is 0 Å². The Hall–Kier alpha value is -2.74. The minimum absolute atomic E-state index is 0.156. The fraction of sp³-hybridized carbons (Fsp3) is 0.389. The Balaban J connectivity index is 1.63. The molecule has 1 aromatic heterocycles. The molecular weight excluding hydrogens is 341 g/mol.